The van der Waals surface area contributed by atoms with E-state index < -0.39 is 0 Å². The van der Waals surface area contributed by atoms with Crippen LogP contribution in [0.2, 0.25) is 0 Å². The van der Waals surface area contributed by atoms with Crippen LogP contribution in [-0.2, 0) is 4.74 Å². The van der Waals surface area contributed by atoms with E-state index in [0.29, 0.717) is 5.92 Å². The van der Waals surface area contributed by atoms with Crippen molar-refractivity contribution in [2.45, 2.75) is 26.5 Å². The van der Waals surface area contributed by atoms with Gasteiger partial charge in [-0.2, -0.15) is 0 Å². The Morgan fingerprint density at radius 2 is 2.33 bits per heavy atom. The lowest BCUT2D eigenvalue weighted by atomic mass is 10.1. The van der Waals surface area contributed by atoms with Crippen molar-refractivity contribution >= 4 is 0 Å². The van der Waals surface area contributed by atoms with Crippen LogP contribution in [0.5, 0.6) is 0 Å². The second-order valence-electron chi connectivity index (χ2n) is 3.71. The predicted molar refractivity (Wildman–Crippen MR) is 47.9 cm³/mol. The van der Waals surface area contributed by atoms with Gasteiger partial charge in [-0.3, -0.25) is 4.90 Å². The van der Waals surface area contributed by atoms with E-state index in [0.717, 1.165) is 26.1 Å². The van der Waals surface area contributed by atoms with Gasteiger partial charge in [0, 0.05) is 13.1 Å². The van der Waals surface area contributed by atoms with Crippen molar-refractivity contribution in [3.8, 4) is 0 Å². The number of hydrogen-bond donors (Lipinski definition) is 1. The summed E-state index contributed by atoms with van der Waals surface area (Å²) in [5.74, 6) is 0.661. The summed E-state index contributed by atoms with van der Waals surface area (Å²) in [7, 11) is 0. The molecule has 3 nitrogen and oxygen atoms in total. The highest BCUT2D eigenvalue weighted by molar-refractivity contribution is 4.70. The van der Waals surface area contributed by atoms with Gasteiger partial charge in [-0.15, -0.1) is 0 Å². The van der Waals surface area contributed by atoms with Crippen molar-refractivity contribution in [1.82, 2.24) is 4.90 Å². The van der Waals surface area contributed by atoms with Crippen LogP contribution in [0.15, 0.2) is 0 Å². The molecule has 72 valence electrons. The van der Waals surface area contributed by atoms with Gasteiger partial charge < -0.3 is 9.84 Å². The van der Waals surface area contributed by atoms with Crippen molar-refractivity contribution < 1.29 is 9.84 Å². The topological polar surface area (TPSA) is 32.7 Å². The van der Waals surface area contributed by atoms with Crippen molar-refractivity contribution in [3.05, 3.63) is 0 Å². The smallest absolute Gasteiger partial charge is 0.111 e. The van der Waals surface area contributed by atoms with E-state index in [9.17, 15) is 0 Å². The zero-order valence-corrected chi connectivity index (χ0v) is 7.99. The molecule has 1 fully saturated rings. The van der Waals surface area contributed by atoms with E-state index >= 15 is 0 Å². The number of nitrogens with zero attached hydrogens (tertiary/aromatic N) is 1. The first-order valence-corrected chi connectivity index (χ1v) is 4.70. The van der Waals surface area contributed by atoms with Crippen molar-refractivity contribution in [2.24, 2.45) is 5.92 Å². The first kappa shape index (κ1) is 9.96. The molecule has 12 heavy (non-hydrogen) atoms. The lowest BCUT2D eigenvalue weighted by Gasteiger charge is -2.23. The molecule has 0 aromatic carbocycles. The van der Waals surface area contributed by atoms with Crippen LogP contribution in [0.1, 0.15) is 20.3 Å². The predicted octanol–water partition coefficient (Wildman–Crippen LogP) is 0.683. The Labute approximate surface area is 74.3 Å². The monoisotopic (exact) mass is 173 g/mol. The molecule has 1 rings (SSSR count). The van der Waals surface area contributed by atoms with Crippen molar-refractivity contribution in [3.63, 3.8) is 0 Å². The van der Waals surface area contributed by atoms with Crippen LogP contribution < -0.4 is 0 Å². The minimum atomic E-state index is 0.234. The quantitative estimate of drug-likeness (QED) is 0.678. The molecule has 1 N–H and O–H groups in total. The number of β-amino-alcohol motifs (C(OH)–C–C–N with tert-alkyl or cyclic N) is 1. The van der Waals surface area contributed by atoms with Crippen molar-refractivity contribution in [2.75, 3.05) is 26.3 Å². The van der Waals surface area contributed by atoms with Crippen LogP contribution in [-0.4, -0.2) is 42.5 Å². The summed E-state index contributed by atoms with van der Waals surface area (Å²) in [6.45, 7) is 7.16. The summed E-state index contributed by atoms with van der Waals surface area (Å²) in [5.41, 5.74) is 0. The van der Waals surface area contributed by atoms with Gasteiger partial charge in [0.05, 0.1) is 13.2 Å². The highest BCUT2D eigenvalue weighted by atomic mass is 16.5. The maximum absolute atomic E-state index is 8.78. The molecule has 0 aliphatic carbocycles. The van der Waals surface area contributed by atoms with E-state index in [1.807, 2.05) is 0 Å². The Hall–Kier alpha value is -0.120. The summed E-state index contributed by atoms with van der Waals surface area (Å²) < 4.78 is 5.54. The fraction of sp³-hybridized carbons (Fsp3) is 1.00. The minimum absolute atomic E-state index is 0.234. The Morgan fingerprint density at radius 3 is 2.92 bits per heavy atom. The van der Waals surface area contributed by atoms with E-state index in [1.54, 1.807) is 0 Å². The summed E-state index contributed by atoms with van der Waals surface area (Å²) in [5, 5.41) is 8.78. The number of aliphatic hydroxyl groups excluding tert-OH is 1. The molecule has 0 radical (unpaired) electrons. The molecule has 0 saturated carbocycles. The van der Waals surface area contributed by atoms with Crippen LogP contribution in [0.25, 0.3) is 0 Å². The fourth-order valence-electron chi connectivity index (χ4n) is 1.56. The highest BCUT2D eigenvalue weighted by Gasteiger charge is 2.24. The lowest BCUT2D eigenvalue weighted by Crippen LogP contribution is -2.33. The van der Waals surface area contributed by atoms with Gasteiger partial charge in [-0.1, -0.05) is 13.8 Å². The van der Waals surface area contributed by atoms with Crippen LogP contribution in [0.4, 0.5) is 0 Å². The third-order valence-electron chi connectivity index (χ3n) is 2.16. The van der Waals surface area contributed by atoms with Crippen molar-refractivity contribution in [1.29, 1.82) is 0 Å². The Kier molecular flexibility index (Phi) is 3.98. The van der Waals surface area contributed by atoms with Crippen LogP contribution in [0.3, 0.4) is 0 Å². The molecule has 0 amide bonds. The van der Waals surface area contributed by atoms with Gasteiger partial charge in [-0.05, 0) is 12.3 Å². The third kappa shape index (κ3) is 2.73. The fourth-order valence-corrected chi connectivity index (χ4v) is 1.56. The van der Waals surface area contributed by atoms with Crippen LogP contribution in [0, 0.1) is 5.92 Å². The molecule has 1 unspecified atom stereocenters. The molecule has 1 saturated heterocycles. The number of aliphatic hydroxyl groups is 1. The number of ether oxygens (including phenoxy) is 1. The van der Waals surface area contributed by atoms with E-state index in [1.165, 1.54) is 0 Å². The van der Waals surface area contributed by atoms with Gasteiger partial charge in [0.1, 0.15) is 6.23 Å². The Balaban J connectivity index is 2.30. The molecular weight excluding hydrogens is 154 g/mol. The van der Waals surface area contributed by atoms with Gasteiger partial charge in [0.2, 0.25) is 0 Å². The van der Waals surface area contributed by atoms with Gasteiger partial charge in [0.25, 0.3) is 0 Å². The third-order valence-corrected chi connectivity index (χ3v) is 2.16. The zero-order valence-electron chi connectivity index (χ0n) is 7.99. The minimum Gasteiger partial charge on any atom is -0.395 e. The zero-order chi connectivity index (χ0) is 8.97. The average molecular weight is 173 g/mol. The molecule has 0 spiro atoms. The molecule has 0 aromatic heterocycles. The molecule has 1 aliphatic rings. The molecule has 1 atom stereocenters. The van der Waals surface area contributed by atoms with Gasteiger partial charge in [-0.25, -0.2) is 0 Å². The Bertz CT molecular complexity index is 128. The number of hydrogen-bond acceptors (Lipinski definition) is 3. The first-order chi connectivity index (χ1) is 5.74. The van der Waals surface area contributed by atoms with Gasteiger partial charge in [0.15, 0.2) is 0 Å². The molecular formula is C9H19NO2. The maximum atomic E-state index is 8.78. The van der Waals surface area contributed by atoms with Gasteiger partial charge >= 0.3 is 0 Å². The molecule has 0 bridgehead atoms. The van der Waals surface area contributed by atoms with E-state index in [-0.39, 0.29) is 12.8 Å². The summed E-state index contributed by atoms with van der Waals surface area (Å²) in [6, 6.07) is 0. The average Bonchev–Trinajstić information content (AvgIpc) is 2.37. The molecule has 1 heterocycles. The summed E-state index contributed by atoms with van der Waals surface area (Å²) in [4.78, 5) is 2.21. The second-order valence-corrected chi connectivity index (χ2v) is 3.71. The summed E-state index contributed by atoms with van der Waals surface area (Å²) >= 11 is 0. The largest absolute Gasteiger partial charge is 0.395 e. The van der Waals surface area contributed by atoms with E-state index in [2.05, 4.69) is 18.7 Å². The van der Waals surface area contributed by atoms with Crippen LogP contribution >= 0.6 is 0 Å². The first-order valence-electron chi connectivity index (χ1n) is 4.70. The Morgan fingerprint density at radius 1 is 1.58 bits per heavy atom. The maximum Gasteiger partial charge on any atom is 0.111 e. The second kappa shape index (κ2) is 4.80. The standard InChI is InChI=1S/C9H19NO2/c1-8(2)7-9-10(3-5-11)4-6-12-9/h8-9,11H,3-7H2,1-2H3. The van der Waals surface area contributed by atoms with E-state index in [4.69, 9.17) is 9.84 Å². The molecule has 0 aromatic rings. The summed E-state index contributed by atoms with van der Waals surface area (Å²) in [6.07, 6.45) is 1.32. The molecule has 3 heteroatoms. The number of rotatable bonds is 4. The SMILES string of the molecule is CC(C)CC1OCCN1CCO. The normalized spacial score (nSPS) is 25.5. The molecule has 1 aliphatic heterocycles. The lowest BCUT2D eigenvalue weighted by molar-refractivity contribution is 0.0116. The highest BCUT2D eigenvalue weighted by Crippen LogP contribution is 2.16.